The summed E-state index contributed by atoms with van der Waals surface area (Å²) in [7, 11) is -7.43. The summed E-state index contributed by atoms with van der Waals surface area (Å²) in [6.45, 7) is 2.60. The highest BCUT2D eigenvalue weighted by Crippen LogP contribution is 2.27. The van der Waals surface area contributed by atoms with Gasteiger partial charge in [-0.25, -0.2) is 16.8 Å². The molecule has 1 aromatic carbocycles. The van der Waals surface area contributed by atoms with E-state index in [1.807, 2.05) is 0 Å². The molecule has 7 nitrogen and oxygen atoms in total. The molecule has 23 heavy (non-hydrogen) atoms. The number of benzene rings is 1. The summed E-state index contributed by atoms with van der Waals surface area (Å²) in [6.07, 6.45) is 0.111. The van der Waals surface area contributed by atoms with Crippen molar-refractivity contribution in [3.05, 3.63) is 29.3 Å². The number of rotatable bonds is 5. The first-order chi connectivity index (χ1) is 10.5. The van der Waals surface area contributed by atoms with E-state index < -0.39 is 38.4 Å². The molecule has 1 heterocycles. The number of hydrogen-bond acceptors (Lipinski definition) is 5. The van der Waals surface area contributed by atoms with Gasteiger partial charge in [0.1, 0.15) is 6.54 Å². The topological polar surface area (TPSA) is 109 Å². The molecule has 0 aromatic heterocycles. The van der Waals surface area contributed by atoms with Crippen LogP contribution in [-0.4, -0.2) is 56.3 Å². The molecule has 0 saturated carbocycles. The van der Waals surface area contributed by atoms with Crippen LogP contribution in [0.5, 0.6) is 0 Å². The molecule has 0 aliphatic carbocycles. The molecule has 1 aromatic rings. The fraction of sp³-hybridized carbons (Fsp3) is 0.500. The van der Waals surface area contributed by atoms with E-state index in [4.69, 9.17) is 5.11 Å². The SMILES string of the molecule is Cc1ccc(C)c(S(=O)(=O)N(CC(=O)O)[C@H]2CCS(=O)(=O)C2)c1. The minimum Gasteiger partial charge on any atom is -0.480 e. The summed E-state index contributed by atoms with van der Waals surface area (Å²) >= 11 is 0. The van der Waals surface area contributed by atoms with Crippen LogP contribution < -0.4 is 0 Å². The van der Waals surface area contributed by atoms with Crippen LogP contribution >= 0.6 is 0 Å². The molecule has 0 bridgehead atoms. The third-order valence-electron chi connectivity index (χ3n) is 3.84. The van der Waals surface area contributed by atoms with Gasteiger partial charge in [0.15, 0.2) is 9.84 Å². The van der Waals surface area contributed by atoms with E-state index >= 15 is 0 Å². The Balaban J connectivity index is 2.49. The molecule has 1 aliphatic heterocycles. The molecule has 0 unspecified atom stereocenters. The maximum absolute atomic E-state index is 12.9. The molecule has 2 rings (SSSR count). The summed E-state index contributed by atoms with van der Waals surface area (Å²) in [5, 5.41) is 9.05. The molecule has 0 amide bonds. The molecule has 1 aliphatic rings. The van der Waals surface area contributed by atoms with Gasteiger partial charge < -0.3 is 5.11 Å². The number of sulfonamides is 1. The minimum absolute atomic E-state index is 0.0167. The van der Waals surface area contributed by atoms with Crippen molar-refractivity contribution in [2.75, 3.05) is 18.1 Å². The number of carboxylic acids is 1. The number of carboxylic acid groups (broad SMARTS) is 1. The molecule has 128 valence electrons. The largest absolute Gasteiger partial charge is 0.480 e. The fourth-order valence-electron chi connectivity index (χ4n) is 2.66. The first kappa shape index (κ1) is 17.9. The third-order valence-corrected chi connectivity index (χ3v) is 7.63. The highest BCUT2D eigenvalue weighted by molar-refractivity contribution is 7.92. The Morgan fingerprint density at radius 2 is 2.00 bits per heavy atom. The standard InChI is InChI=1S/C14H19NO6S2/c1-10-3-4-11(2)13(7-10)23(20,21)15(8-14(16)17)12-5-6-22(18,19)9-12/h3-4,7,12H,5-6,8-9H2,1-2H3,(H,16,17)/t12-/m0/s1. The molecule has 9 heteroatoms. The predicted molar refractivity (Wildman–Crippen MR) is 84.5 cm³/mol. The van der Waals surface area contributed by atoms with Gasteiger partial charge in [-0.05, 0) is 37.5 Å². The molecular weight excluding hydrogens is 342 g/mol. The first-order valence-corrected chi connectivity index (χ1v) is 10.3. The van der Waals surface area contributed by atoms with Crippen molar-refractivity contribution < 1.29 is 26.7 Å². The van der Waals surface area contributed by atoms with Gasteiger partial charge in [0.25, 0.3) is 0 Å². The van der Waals surface area contributed by atoms with Gasteiger partial charge in [-0.1, -0.05) is 12.1 Å². The number of nitrogens with zero attached hydrogens (tertiary/aromatic N) is 1. The molecule has 0 spiro atoms. The quantitative estimate of drug-likeness (QED) is 0.821. The number of sulfone groups is 1. The van der Waals surface area contributed by atoms with Gasteiger partial charge in [0, 0.05) is 6.04 Å². The fourth-order valence-corrected chi connectivity index (χ4v) is 6.40. The van der Waals surface area contributed by atoms with Gasteiger partial charge in [-0.15, -0.1) is 0 Å². The van der Waals surface area contributed by atoms with Crippen molar-refractivity contribution >= 4 is 25.8 Å². The summed E-state index contributed by atoms with van der Waals surface area (Å²) in [6, 6.07) is 4.03. The Kier molecular flexibility index (Phi) is 4.84. The van der Waals surface area contributed by atoms with Crippen LogP contribution in [-0.2, 0) is 24.7 Å². The van der Waals surface area contributed by atoms with Crippen LogP contribution in [0, 0.1) is 13.8 Å². The number of aryl methyl sites for hydroxylation is 2. The minimum atomic E-state index is -4.09. The van der Waals surface area contributed by atoms with Crippen LogP contribution in [0.25, 0.3) is 0 Å². The summed E-state index contributed by atoms with van der Waals surface area (Å²) in [5.41, 5.74) is 1.22. The number of hydrogen-bond donors (Lipinski definition) is 1. The Hall–Kier alpha value is -1.45. The zero-order chi connectivity index (χ0) is 17.4. The monoisotopic (exact) mass is 361 g/mol. The van der Waals surface area contributed by atoms with Gasteiger partial charge in [0.05, 0.1) is 16.4 Å². The summed E-state index contributed by atoms with van der Waals surface area (Å²) in [4.78, 5) is 11.1. The lowest BCUT2D eigenvalue weighted by atomic mass is 10.2. The van der Waals surface area contributed by atoms with Crippen LogP contribution in [0.4, 0.5) is 0 Å². The van der Waals surface area contributed by atoms with Crippen LogP contribution in [0.2, 0.25) is 0 Å². The lowest BCUT2D eigenvalue weighted by Gasteiger charge is -2.26. The van der Waals surface area contributed by atoms with Crippen molar-refractivity contribution in [1.82, 2.24) is 4.31 Å². The van der Waals surface area contributed by atoms with Crippen molar-refractivity contribution in [3.63, 3.8) is 0 Å². The summed E-state index contributed by atoms with van der Waals surface area (Å²) in [5.74, 6) is -1.79. The lowest BCUT2D eigenvalue weighted by molar-refractivity contribution is -0.137. The van der Waals surface area contributed by atoms with E-state index in [0.29, 0.717) is 5.56 Å². The molecule has 1 atom stereocenters. The maximum Gasteiger partial charge on any atom is 0.318 e. The van der Waals surface area contributed by atoms with Crippen LogP contribution in [0.15, 0.2) is 23.1 Å². The zero-order valence-electron chi connectivity index (χ0n) is 12.9. The van der Waals surface area contributed by atoms with Crippen molar-refractivity contribution in [2.24, 2.45) is 0 Å². The smallest absolute Gasteiger partial charge is 0.318 e. The van der Waals surface area contributed by atoms with Crippen molar-refractivity contribution in [1.29, 1.82) is 0 Å². The van der Waals surface area contributed by atoms with E-state index in [0.717, 1.165) is 9.87 Å². The Morgan fingerprint density at radius 3 is 2.52 bits per heavy atom. The van der Waals surface area contributed by atoms with E-state index in [-0.39, 0.29) is 22.8 Å². The van der Waals surface area contributed by atoms with Gasteiger partial charge >= 0.3 is 5.97 Å². The Bertz CT molecular complexity index is 829. The second-order valence-corrected chi connectivity index (χ2v) is 9.86. The van der Waals surface area contributed by atoms with Crippen molar-refractivity contribution in [2.45, 2.75) is 31.2 Å². The summed E-state index contributed by atoms with van der Waals surface area (Å²) < 4.78 is 49.9. The van der Waals surface area contributed by atoms with Gasteiger partial charge in [0.2, 0.25) is 10.0 Å². The maximum atomic E-state index is 12.9. The normalized spacial score (nSPS) is 20.7. The predicted octanol–water partition coefficient (Wildman–Crippen LogP) is 0.566. The average Bonchev–Trinajstić information content (AvgIpc) is 2.78. The van der Waals surface area contributed by atoms with Crippen LogP contribution in [0.3, 0.4) is 0 Å². The van der Waals surface area contributed by atoms with E-state index in [1.54, 1.807) is 26.0 Å². The highest BCUT2D eigenvalue weighted by atomic mass is 32.2. The highest BCUT2D eigenvalue weighted by Gasteiger charge is 2.40. The second kappa shape index (κ2) is 6.21. The average molecular weight is 361 g/mol. The van der Waals surface area contributed by atoms with E-state index in [2.05, 4.69) is 0 Å². The van der Waals surface area contributed by atoms with Gasteiger partial charge in [-0.3, -0.25) is 4.79 Å². The molecule has 1 fully saturated rings. The Labute approximate surface area is 135 Å². The van der Waals surface area contributed by atoms with Gasteiger partial charge in [-0.2, -0.15) is 4.31 Å². The lowest BCUT2D eigenvalue weighted by Crippen LogP contribution is -2.44. The molecule has 1 N–H and O–H groups in total. The molecule has 0 radical (unpaired) electrons. The number of aliphatic carboxylic acids is 1. The zero-order valence-corrected chi connectivity index (χ0v) is 14.5. The second-order valence-electron chi connectivity index (χ2n) is 5.77. The number of carbonyl (C=O) groups is 1. The van der Waals surface area contributed by atoms with E-state index in [9.17, 15) is 21.6 Å². The van der Waals surface area contributed by atoms with E-state index in [1.165, 1.54) is 6.07 Å². The van der Waals surface area contributed by atoms with Crippen molar-refractivity contribution in [3.8, 4) is 0 Å². The molecular formula is C14H19NO6S2. The molecule has 1 saturated heterocycles. The first-order valence-electron chi connectivity index (χ1n) is 7.04. The third kappa shape index (κ3) is 3.91. The van der Waals surface area contributed by atoms with Crippen LogP contribution in [0.1, 0.15) is 17.5 Å². The Morgan fingerprint density at radius 1 is 1.35 bits per heavy atom.